The number of imidazole rings is 1. The molecule has 0 spiro atoms. The van der Waals surface area contributed by atoms with Crippen LogP contribution in [0.4, 0.5) is 0 Å². The Labute approximate surface area is 106 Å². The van der Waals surface area contributed by atoms with Crippen LogP contribution in [0.1, 0.15) is 42.9 Å². The van der Waals surface area contributed by atoms with Crippen molar-refractivity contribution >= 4 is 17.0 Å². The molecule has 1 atom stereocenters. The number of carboxylic acids is 1. The fourth-order valence-corrected chi connectivity index (χ4v) is 2.06. The number of rotatable bonds is 3. The van der Waals surface area contributed by atoms with E-state index in [9.17, 15) is 4.79 Å². The number of hydrogen-bond acceptors (Lipinski definition) is 2. The van der Waals surface area contributed by atoms with Crippen LogP contribution >= 0.6 is 0 Å². The van der Waals surface area contributed by atoms with Crippen molar-refractivity contribution in [3.63, 3.8) is 0 Å². The van der Waals surface area contributed by atoms with Crippen molar-refractivity contribution in [2.45, 2.75) is 26.7 Å². The normalized spacial score (nSPS) is 13.2. The summed E-state index contributed by atoms with van der Waals surface area (Å²) in [6.45, 7) is 6.46. The van der Waals surface area contributed by atoms with Crippen LogP contribution in [0, 0.1) is 5.92 Å². The van der Waals surface area contributed by atoms with Gasteiger partial charge >= 0.3 is 5.97 Å². The quantitative estimate of drug-likeness (QED) is 0.905. The summed E-state index contributed by atoms with van der Waals surface area (Å²) in [5.74, 6) is 0.929. The van der Waals surface area contributed by atoms with Gasteiger partial charge in [0.05, 0.1) is 16.6 Å². The molecule has 0 saturated heterocycles. The molecule has 0 radical (unpaired) electrons. The third-order valence-electron chi connectivity index (χ3n) is 3.57. The minimum absolute atomic E-state index is 0.282. The van der Waals surface area contributed by atoms with Gasteiger partial charge in [0, 0.05) is 13.0 Å². The highest BCUT2D eigenvalue weighted by atomic mass is 16.4. The van der Waals surface area contributed by atoms with E-state index in [1.54, 1.807) is 12.1 Å². The van der Waals surface area contributed by atoms with Gasteiger partial charge in [0.25, 0.3) is 0 Å². The second-order valence-corrected chi connectivity index (χ2v) is 5.07. The lowest BCUT2D eigenvalue weighted by molar-refractivity contribution is 0.0697. The zero-order valence-corrected chi connectivity index (χ0v) is 11.1. The van der Waals surface area contributed by atoms with Crippen LogP contribution in [0.5, 0.6) is 0 Å². The summed E-state index contributed by atoms with van der Waals surface area (Å²) >= 11 is 0. The molecular weight excluding hydrogens is 228 g/mol. The summed E-state index contributed by atoms with van der Waals surface area (Å²) in [7, 11) is 1.98. The first-order valence-electron chi connectivity index (χ1n) is 6.11. The van der Waals surface area contributed by atoms with Crippen LogP contribution in [0.2, 0.25) is 0 Å². The minimum atomic E-state index is -0.916. The summed E-state index contributed by atoms with van der Waals surface area (Å²) in [5.41, 5.74) is 2.01. The Kier molecular flexibility index (Phi) is 3.11. The molecule has 0 saturated carbocycles. The molecule has 4 heteroatoms. The molecule has 96 valence electrons. The highest BCUT2D eigenvalue weighted by Gasteiger charge is 2.18. The second-order valence-electron chi connectivity index (χ2n) is 5.07. The highest BCUT2D eigenvalue weighted by Crippen LogP contribution is 2.26. The zero-order valence-electron chi connectivity index (χ0n) is 11.1. The molecule has 0 bridgehead atoms. The number of fused-ring (bicyclic) bond motifs is 1. The second kappa shape index (κ2) is 4.44. The average Bonchev–Trinajstić information content (AvgIpc) is 2.65. The first-order valence-corrected chi connectivity index (χ1v) is 6.11. The SMILES string of the molecule is CC(C)C(C)c1nc2cc(C(=O)O)ccc2n1C. The largest absolute Gasteiger partial charge is 0.478 e. The molecule has 0 aliphatic rings. The topological polar surface area (TPSA) is 55.1 Å². The van der Waals surface area contributed by atoms with Crippen molar-refractivity contribution < 1.29 is 9.90 Å². The number of aryl methyl sites for hydroxylation is 1. The van der Waals surface area contributed by atoms with E-state index in [2.05, 4.69) is 25.8 Å². The molecule has 0 fully saturated rings. The number of aromatic carboxylic acids is 1. The highest BCUT2D eigenvalue weighted by molar-refractivity contribution is 5.92. The first kappa shape index (κ1) is 12.6. The van der Waals surface area contributed by atoms with E-state index < -0.39 is 5.97 Å². The Morgan fingerprint density at radius 1 is 1.33 bits per heavy atom. The first-order chi connectivity index (χ1) is 8.41. The van der Waals surface area contributed by atoms with E-state index in [0.717, 1.165) is 16.9 Å². The third-order valence-corrected chi connectivity index (χ3v) is 3.57. The van der Waals surface area contributed by atoms with Gasteiger partial charge in [-0.2, -0.15) is 0 Å². The lowest BCUT2D eigenvalue weighted by Gasteiger charge is -2.14. The summed E-state index contributed by atoms with van der Waals surface area (Å²) < 4.78 is 2.05. The number of aromatic nitrogens is 2. The summed E-state index contributed by atoms with van der Waals surface area (Å²) in [6.07, 6.45) is 0. The Morgan fingerprint density at radius 2 is 2.00 bits per heavy atom. The van der Waals surface area contributed by atoms with Crippen molar-refractivity contribution in [2.24, 2.45) is 13.0 Å². The predicted molar refractivity (Wildman–Crippen MR) is 70.9 cm³/mol. The summed E-state index contributed by atoms with van der Waals surface area (Å²) in [6, 6.07) is 5.08. The van der Waals surface area contributed by atoms with Crippen LogP contribution in [0.15, 0.2) is 18.2 Å². The molecule has 0 amide bonds. The van der Waals surface area contributed by atoms with Crippen molar-refractivity contribution in [1.82, 2.24) is 9.55 Å². The van der Waals surface area contributed by atoms with E-state index in [0.29, 0.717) is 11.8 Å². The van der Waals surface area contributed by atoms with Gasteiger partial charge in [-0.05, 0) is 24.1 Å². The van der Waals surface area contributed by atoms with Crippen molar-refractivity contribution in [3.8, 4) is 0 Å². The van der Waals surface area contributed by atoms with Crippen LogP contribution in [-0.4, -0.2) is 20.6 Å². The van der Waals surface area contributed by atoms with Crippen LogP contribution in [0.3, 0.4) is 0 Å². The Bertz CT molecular complexity index is 599. The Morgan fingerprint density at radius 3 is 2.56 bits per heavy atom. The van der Waals surface area contributed by atoms with Gasteiger partial charge in [0.1, 0.15) is 5.82 Å². The molecule has 18 heavy (non-hydrogen) atoms. The van der Waals surface area contributed by atoms with Crippen molar-refractivity contribution in [1.29, 1.82) is 0 Å². The third kappa shape index (κ3) is 1.98. The van der Waals surface area contributed by atoms with Gasteiger partial charge in [-0.3, -0.25) is 0 Å². The van der Waals surface area contributed by atoms with Crippen LogP contribution in [-0.2, 0) is 7.05 Å². The Balaban J connectivity index is 2.59. The number of carbonyl (C=O) groups is 1. The molecule has 4 nitrogen and oxygen atoms in total. The standard InChI is InChI=1S/C14H18N2O2/c1-8(2)9(3)13-15-11-7-10(14(17)18)5-6-12(11)16(13)4/h5-9H,1-4H3,(H,17,18). The molecule has 1 aromatic carbocycles. The van der Waals surface area contributed by atoms with E-state index in [4.69, 9.17) is 5.11 Å². The predicted octanol–water partition coefficient (Wildman–Crippen LogP) is 3.03. The lowest BCUT2D eigenvalue weighted by Crippen LogP contribution is -2.08. The van der Waals surface area contributed by atoms with Crippen molar-refractivity contribution in [2.75, 3.05) is 0 Å². The molecule has 2 aromatic rings. The maximum atomic E-state index is 10.9. The number of nitrogens with zero attached hydrogens (tertiary/aromatic N) is 2. The molecular formula is C14H18N2O2. The van der Waals surface area contributed by atoms with Crippen LogP contribution < -0.4 is 0 Å². The molecule has 0 aliphatic carbocycles. The van der Waals surface area contributed by atoms with Gasteiger partial charge in [-0.15, -0.1) is 0 Å². The maximum Gasteiger partial charge on any atom is 0.335 e. The summed E-state index contributed by atoms with van der Waals surface area (Å²) in [5, 5.41) is 8.98. The van der Waals surface area contributed by atoms with Gasteiger partial charge in [-0.1, -0.05) is 20.8 Å². The van der Waals surface area contributed by atoms with Gasteiger partial charge in [-0.25, -0.2) is 9.78 Å². The van der Waals surface area contributed by atoms with Gasteiger partial charge in [0.2, 0.25) is 0 Å². The smallest absolute Gasteiger partial charge is 0.335 e. The van der Waals surface area contributed by atoms with Gasteiger partial charge < -0.3 is 9.67 Å². The fourth-order valence-electron chi connectivity index (χ4n) is 2.06. The van der Waals surface area contributed by atoms with Crippen molar-refractivity contribution in [3.05, 3.63) is 29.6 Å². The monoisotopic (exact) mass is 246 g/mol. The van der Waals surface area contributed by atoms with E-state index in [1.165, 1.54) is 0 Å². The van der Waals surface area contributed by atoms with E-state index in [-0.39, 0.29) is 5.56 Å². The molecule has 2 rings (SSSR count). The molecule has 0 aliphatic heterocycles. The Hall–Kier alpha value is -1.84. The lowest BCUT2D eigenvalue weighted by atomic mass is 9.97. The van der Waals surface area contributed by atoms with E-state index >= 15 is 0 Å². The van der Waals surface area contributed by atoms with Gasteiger partial charge in [0.15, 0.2) is 0 Å². The fraction of sp³-hybridized carbons (Fsp3) is 0.429. The van der Waals surface area contributed by atoms with E-state index in [1.807, 2.05) is 17.7 Å². The summed E-state index contributed by atoms with van der Waals surface area (Å²) in [4.78, 5) is 15.5. The maximum absolute atomic E-state index is 10.9. The molecule has 1 heterocycles. The number of hydrogen-bond donors (Lipinski definition) is 1. The minimum Gasteiger partial charge on any atom is -0.478 e. The zero-order chi connectivity index (χ0) is 13.4. The molecule has 1 aromatic heterocycles. The molecule has 1 N–H and O–H groups in total. The van der Waals surface area contributed by atoms with Crippen LogP contribution in [0.25, 0.3) is 11.0 Å². The average molecular weight is 246 g/mol. The molecule has 1 unspecified atom stereocenters. The number of benzene rings is 1. The number of carboxylic acid groups (broad SMARTS) is 1.